The third kappa shape index (κ3) is 10.0. The second kappa shape index (κ2) is 11.0. The van der Waals surface area contributed by atoms with Gasteiger partial charge < -0.3 is 19.7 Å². The van der Waals surface area contributed by atoms with E-state index in [1.54, 1.807) is 18.2 Å². The van der Waals surface area contributed by atoms with Crippen LogP contribution in [0.25, 0.3) is 0 Å². The Morgan fingerprint density at radius 2 is 2.00 bits per heavy atom. The number of ether oxygens (including phenoxy) is 2. The quantitative estimate of drug-likeness (QED) is 0.369. The number of carbonyl (C=O) groups excluding carboxylic acids is 1. The zero-order valence-electron chi connectivity index (χ0n) is 10.9. The Labute approximate surface area is 108 Å². The molecule has 0 aromatic heterocycles. The number of hydrogen-bond acceptors (Lipinski definition) is 5. The number of aliphatic hydroxyl groups excluding tert-OH is 2. The van der Waals surface area contributed by atoms with Crippen molar-refractivity contribution in [2.75, 3.05) is 14.2 Å². The highest BCUT2D eigenvalue weighted by Crippen LogP contribution is 2.06. The molecule has 0 fully saturated rings. The summed E-state index contributed by atoms with van der Waals surface area (Å²) < 4.78 is 9.10. The fourth-order valence-electron chi connectivity index (χ4n) is 1.25. The molecule has 0 aliphatic rings. The van der Waals surface area contributed by atoms with Crippen LogP contribution in [0.5, 0.6) is 0 Å². The van der Waals surface area contributed by atoms with E-state index in [-0.39, 0.29) is 5.97 Å². The van der Waals surface area contributed by atoms with E-state index in [2.05, 4.69) is 9.47 Å². The summed E-state index contributed by atoms with van der Waals surface area (Å²) in [5.74, 6) is -0.255. The van der Waals surface area contributed by atoms with Gasteiger partial charge in [0.1, 0.15) is 0 Å². The second-order valence-corrected chi connectivity index (χ2v) is 3.80. The van der Waals surface area contributed by atoms with Gasteiger partial charge in [0.05, 0.1) is 13.2 Å². The monoisotopic (exact) mass is 258 g/mol. The Morgan fingerprint density at radius 1 is 1.28 bits per heavy atom. The van der Waals surface area contributed by atoms with E-state index in [9.17, 15) is 9.90 Å². The number of hydrogen-bond donors (Lipinski definition) is 2. The summed E-state index contributed by atoms with van der Waals surface area (Å²) in [6.45, 7) is 0. The van der Waals surface area contributed by atoms with Gasteiger partial charge in [0, 0.05) is 13.5 Å². The van der Waals surface area contributed by atoms with Crippen molar-refractivity contribution in [3.05, 3.63) is 24.3 Å². The highest BCUT2D eigenvalue weighted by molar-refractivity contribution is 5.68. The molecule has 0 heterocycles. The van der Waals surface area contributed by atoms with Crippen LogP contribution in [0.15, 0.2) is 24.3 Å². The zero-order valence-corrected chi connectivity index (χ0v) is 10.9. The smallest absolute Gasteiger partial charge is 0.305 e. The van der Waals surface area contributed by atoms with E-state index in [4.69, 9.17) is 5.11 Å². The molecule has 0 aliphatic carbocycles. The summed E-state index contributed by atoms with van der Waals surface area (Å²) in [5.41, 5.74) is 0. The molecule has 0 spiro atoms. The first-order valence-corrected chi connectivity index (χ1v) is 5.89. The maximum Gasteiger partial charge on any atom is 0.305 e. The average Bonchev–Trinajstić information content (AvgIpc) is 2.37. The van der Waals surface area contributed by atoms with Gasteiger partial charge in [0.2, 0.25) is 0 Å². The normalized spacial score (nSPS) is 15.1. The Bertz CT molecular complexity index is 273. The van der Waals surface area contributed by atoms with E-state index in [0.717, 1.165) is 0 Å². The molecule has 0 radical (unpaired) electrons. The third-order valence-electron chi connectivity index (χ3n) is 2.32. The number of aliphatic hydroxyl groups is 2. The van der Waals surface area contributed by atoms with E-state index >= 15 is 0 Å². The lowest BCUT2D eigenvalue weighted by Crippen LogP contribution is -2.07. The van der Waals surface area contributed by atoms with E-state index in [1.165, 1.54) is 20.3 Å². The van der Waals surface area contributed by atoms with Gasteiger partial charge in [-0.1, -0.05) is 18.2 Å². The molecule has 2 N–H and O–H groups in total. The summed E-state index contributed by atoms with van der Waals surface area (Å²) in [7, 11) is 2.76. The molecule has 18 heavy (non-hydrogen) atoms. The Morgan fingerprint density at radius 3 is 2.61 bits per heavy atom. The lowest BCUT2D eigenvalue weighted by atomic mass is 10.1. The summed E-state index contributed by atoms with van der Waals surface area (Å²) in [6.07, 6.45) is 7.30. The molecular weight excluding hydrogens is 236 g/mol. The molecule has 0 aromatic rings. The van der Waals surface area contributed by atoms with Crippen molar-refractivity contribution < 1.29 is 24.5 Å². The Hall–Kier alpha value is -1.17. The lowest BCUT2D eigenvalue weighted by Gasteiger charge is -2.06. The fourth-order valence-corrected chi connectivity index (χ4v) is 1.25. The molecule has 0 rings (SSSR count). The van der Waals surface area contributed by atoms with Crippen LogP contribution in [0, 0.1) is 0 Å². The van der Waals surface area contributed by atoms with Crippen LogP contribution < -0.4 is 0 Å². The van der Waals surface area contributed by atoms with Crippen LogP contribution in [0.4, 0.5) is 0 Å². The predicted octanol–water partition coefficient (Wildman–Crippen LogP) is 1.16. The van der Waals surface area contributed by atoms with Gasteiger partial charge in [-0.2, -0.15) is 0 Å². The topological polar surface area (TPSA) is 76.0 Å². The average molecular weight is 258 g/mol. The van der Waals surface area contributed by atoms with Crippen LogP contribution in [-0.4, -0.2) is 42.8 Å². The summed E-state index contributed by atoms with van der Waals surface area (Å²) >= 11 is 0. The van der Waals surface area contributed by atoms with Crippen molar-refractivity contribution in [3.8, 4) is 0 Å². The minimum Gasteiger partial charge on any atom is -0.469 e. The molecule has 0 aromatic carbocycles. The molecule has 0 saturated heterocycles. The largest absolute Gasteiger partial charge is 0.469 e. The standard InChI is InChI=1S/C13H22O5/c1-17-12(15)9-5-3-4-7-11(14)8-6-10-13(16)18-2/h3-5,9,11-12,14-15H,6-8,10H2,1-2H3/b4-3+,9-5+/t11?,12-/m0/s1. The Balaban J connectivity index is 3.63. The van der Waals surface area contributed by atoms with E-state index in [0.29, 0.717) is 25.7 Å². The maximum absolute atomic E-state index is 10.8. The molecule has 1 unspecified atom stereocenters. The molecular formula is C13H22O5. The van der Waals surface area contributed by atoms with E-state index < -0.39 is 12.4 Å². The van der Waals surface area contributed by atoms with Crippen LogP contribution in [0.2, 0.25) is 0 Å². The van der Waals surface area contributed by atoms with Gasteiger partial charge in [-0.05, 0) is 25.3 Å². The number of methoxy groups -OCH3 is 2. The van der Waals surface area contributed by atoms with Gasteiger partial charge in [-0.25, -0.2) is 0 Å². The van der Waals surface area contributed by atoms with Crippen molar-refractivity contribution >= 4 is 5.97 Å². The number of allylic oxidation sites excluding steroid dienone is 2. The predicted molar refractivity (Wildman–Crippen MR) is 67.8 cm³/mol. The molecule has 104 valence electrons. The van der Waals surface area contributed by atoms with Crippen molar-refractivity contribution in [1.82, 2.24) is 0 Å². The van der Waals surface area contributed by atoms with Crippen molar-refractivity contribution in [2.45, 2.75) is 38.1 Å². The van der Waals surface area contributed by atoms with Crippen LogP contribution in [0.3, 0.4) is 0 Å². The van der Waals surface area contributed by atoms with Gasteiger partial charge in [-0.3, -0.25) is 4.79 Å². The number of rotatable bonds is 9. The van der Waals surface area contributed by atoms with E-state index in [1.807, 2.05) is 0 Å². The maximum atomic E-state index is 10.8. The zero-order chi connectivity index (χ0) is 13.8. The van der Waals surface area contributed by atoms with Gasteiger partial charge >= 0.3 is 5.97 Å². The number of esters is 1. The first-order chi connectivity index (χ1) is 8.60. The van der Waals surface area contributed by atoms with Crippen LogP contribution >= 0.6 is 0 Å². The molecule has 2 atom stereocenters. The molecule has 0 aliphatic heterocycles. The van der Waals surface area contributed by atoms with Gasteiger partial charge in [-0.15, -0.1) is 0 Å². The molecule has 0 amide bonds. The first-order valence-electron chi connectivity index (χ1n) is 5.89. The summed E-state index contributed by atoms with van der Waals surface area (Å²) in [4.78, 5) is 10.8. The SMILES string of the molecule is COC(=O)CCCC(O)C/C=C/C=C/[C@@H](O)OC. The van der Waals surface area contributed by atoms with Crippen LogP contribution in [-0.2, 0) is 14.3 Å². The highest BCUT2D eigenvalue weighted by atomic mass is 16.6. The summed E-state index contributed by atoms with van der Waals surface area (Å²) in [5, 5.41) is 18.6. The number of carbonyl (C=O) groups is 1. The molecule has 5 heteroatoms. The first kappa shape index (κ1) is 16.8. The third-order valence-corrected chi connectivity index (χ3v) is 2.32. The highest BCUT2D eigenvalue weighted by Gasteiger charge is 2.04. The lowest BCUT2D eigenvalue weighted by molar-refractivity contribution is -0.140. The summed E-state index contributed by atoms with van der Waals surface area (Å²) in [6, 6.07) is 0. The van der Waals surface area contributed by atoms with Crippen molar-refractivity contribution in [2.24, 2.45) is 0 Å². The second-order valence-electron chi connectivity index (χ2n) is 3.80. The fraction of sp³-hybridized carbons (Fsp3) is 0.615. The molecule has 5 nitrogen and oxygen atoms in total. The Kier molecular flexibility index (Phi) is 10.2. The van der Waals surface area contributed by atoms with Gasteiger partial charge in [0.25, 0.3) is 0 Å². The van der Waals surface area contributed by atoms with Crippen LogP contribution in [0.1, 0.15) is 25.7 Å². The molecule has 0 bridgehead atoms. The molecule has 0 saturated carbocycles. The van der Waals surface area contributed by atoms with Crippen molar-refractivity contribution in [3.63, 3.8) is 0 Å². The minimum atomic E-state index is -0.903. The van der Waals surface area contributed by atoms with Crippen molar-refractivity contribution in [1.29, 1.82) is 0 Å². The minimum absolute atomic E-state index is 0.255. The van der Waals surface area contributed by atoms with Gasteiger partial charge in [0.15, 0.2) is 6.29 Å².